The molecule has 126 valence electrons. The third-order valence-electron chi connectivity index (χ3n) is 4.54. The summed E-state index contributed by atoms with van der Waals surface area (Å²) in [7, 11) is -4.83. The quantitative estimate of drug-likeness (QED) is 0.818. The molecule has 0 radical (unpaired) electrons. The van der Waals surface area contributed by atoms with Crippen LogP contribution in [-0.2, 0) is 14.8 Å². The Bertz CT molecular complexity index is 695. The van der Waals surface area contributed by atoms with Gasteiger partial charge in [-0.25, -0.2) is 4.72 Å². The van der Waals surface area contributed by atoms with Crippen molar-refractivity contribution in [2.24, 2.45) is 11.8 Å². The Morgan fingerprint density at radius 1 is 1.26 bits per heavy atom. The molecule has 0 spiro atoms. The Hall–Kier alpha value is -1.18. The van der Waals surface area contributed by atoms with E-state index >= 15 is 0 Å². The molecule has 1 amide bonds. The molecule has 2 saturated carbocycles. The average Bonchev–Trinajstić information content (AvgIpc) is 3.09. The summed E-state index contributed by atoms with van der Waals surface area (Å²) in [5.41, 5.74) is 0.0865. The lowest BCUT2D eigenvalue weighted by Crippen LogP contribution is -2.46. The van der Waals surface area contributed by atoms with Crippen molar-refractivity contribution in [3.8, 4) is 0 Å². The van der Waals surface area contributed by atoms with Gasteiger partial charge in [0.05, 0.1) is 6.10 Å². The molecule has 0 aromatic heterocycles. The molecule has 23 heavy (non-hydrogen) atoms. The largest absolute Gasteiger partial charge is 0.409 e. The first kappa shape index (κ1) is 16.7. The summed E-state index contributed by atoms with van der Waals surface area (Å²) in [5, 5.41) is 0. The Morgan fingerprint density at radius 2 is 1.96 bits per heavy atom. The molecule has 2 bridgehead atoms. The number of hydrogen-bond acceptors (Lipinski definition) is 4. The molecule has 5 nitrogen and oxygen atoms in total. The Morgan fingerprint density at radius 3 is 2.52 bits per heavy atom. The molecule has 2 aliphatic carbocycles. The van der Waals surface area contributed by atoms with Crippen molar-refractivity contribution in [3.63, 3.8) is 0 Å². The van der Waals surface area contributed by atoms with Gasteiger partial charge in [-0.05, 0) is 61.3 Å². The number of benzene rings is 1. The van der Waals surface area contributed by atoms with E-state index in [-0.39, 0.29) is 11.5 Å². The van der Waals surface area contributed by atoms with Crippen molar-refractivity contribution >= 4 is 27.5 Å². The van der Waals surface area contributed by atoms with Gasteiger partial charge < -0.3 is 4.74 Å². The highest BCUT2D eigenvalue weighted by Crippen LogP contribution is 2.48. The predicted octanol–water partition coefficient (Wildman–Crippen LogP) is 2.77. The Labute approximate surface area is 139 Å². The van der Waals surface area contributed by atoms with E-state index in [1.807, 2.05) is 0 Å². The number of halogens is 2. The van der Waals surface area contributed by atoms with E-state index in [0.717, 1.165) is 19.3 Å². The number of ether oxygens (including phenoxy) is 1. The van der Waals surface area contributed by atoms with Crippen molar-refractivity contribution in [1.82, 2.24) is 4.72 Å². The maximum atomic E-state index is 14.5. The number of hydrogen-bond donors (Lipinski definition) is 1. The van der Waals surface area contributed by atoms with Gasteiger partial charge in [0.2, 0.25) is 0 Å². The minimum absolute atomic E-state index is 0.0865. The van der Waals surface area contributed by atoms with Gasteiger partial charge in [0.1, 0.15) is 0 Å². The van der Waals surface area contributed by atoms with Crippen LogP contribution in [0.25, 0.3) is 0 Å². The zero-order valence-electron chi connectivity index (χ0n) is 12.2. The van der Waals surface area contributed by atoms with Crippen LogP contribution in [0.2, 0.25) is 0 Å². The average molecular weight is 362 g/mol. The number of fused-ring (bicyclic) bond motifs is 2. The van der Waals surface area contributed by atoms with Gasteiger partial charge in [-0.15, -0.1) is 0 Å². The second-order valence-corrected chi connectivity index (χ2v) is 8.54. The topological polar surface area (TPSA) is 72.5 Å². The molecule has 0 heterocycles. The number of alkyl halides is 2. The van der Waals surface area contributed by atoms with Crippen LogP contribution in [0.1, 0.15) is 36.0 Å². The number of rotatable bonds is 5. The first-order chi connectivity index (χ1) is 10.8. The zero-order chi connectivity index (χ0) is 16.7. The molecule has 4 unspecified atom stereocenters. The summed E-state index contributed by atoms with van der Waals surface area (Å²) in [5.74, 6) is -0.377. The van der Waals surface area contributed by atoms with Crippen molar-refractivity contribution < 1.29 is 22.3 Å². The van der Waals surface area contributed by atoms with E-state index in [9.17, 15) is 17.6 Å². The van der Waals surface area contributed by atoms with Crippen LogP contribution in [0.4, 0.5) is 4.39 Å². The smallest absolute Gasteiger partial charge is 0.316 e. The SMILES string of the molecule is O=C(NS(=O)(=O)C(F)(Cl)OC1CC2CCC1C2)c1ccccc1. The molecule has 2 fully saturated rings. The second-order valence-electron chi connectivity index (χ2n) is 6.10. The highest BCUT2D eigenvalue weighted by atomic mass is 35.5. The number of sulfonamides is 1. The number of carbonyl (C=O) groups excluding carboxylic acids is 1. The van der Waals surface area contributed by atoms with Gasteiger partial charge in [0, 0.05) is 5.56 Å². The van der Waals surface area contributed by atoms with Crippen LogP contribution < -0.4 is 4.72 Å². The molecule has 1 N–H and O–H groups in total. The lowest BCUT2D eigenvalue weighted by molar-refractivity contribution is -0.0853. The minimum atomic E-state index is -4.83. The van der Waals surface area contributed by atoms with E-state index in [1.165, 1.54) is 12.1 Å². The molecule has 0 saturated heterocycles. The number of nitrogens with one attached hydrogen (secondary N) is 1. The maximum Gasteiger partial charge on any atom is 0.409 e. The van der Waals surface area contributed by atoms with Crippen molar-refractivity contribution in [2.75, 3.05) is 0 Å². The fourth-order valence-corrected chi connectivity index (χ4v) is 4.36. The summed E-state index contributed by atoms with van der Waals surface area (Å²) in [4.78, 5) is 11.9. The van der Waals surface area contributed by atoms with Crippen molar-refractivity contribution in [3.05, 3.63) is 35.9 Å². The van der Waals surface area contributed by atoms with Gasteiger partial charge in [0.25, 0.3) is 5.91 Å². The highest BCUT2D eigenvalue weighted by molar-refractivity contribution is 7.92. The van der Waals surface area contributed by atoms with Crippen LogP contribution in [0.3, 0.4) is 0 Å². The molecule has 4 atom stereocenters. The molecule has 3 rings (SSSR count). The molecular formula is C15H17ClFNO4S. The summed E-state index contributed by atoms with van der Waals surface area (Å²) >= 11 is 5.49. The maximum absolute atomic E-state index is 14.5. The Balaban J connectivity index is 1.69. The molecule has 2 aliphatic rings. The normalized spacial score (nSPS) is 29.2. The van der Waals surface area contributed by atoms with E-state index < -0.39 is 26.7 Å². The third kappa shape index (κ3) is 3.36. The predicted molar refractivity (Wildman–Crippen MR) is 82.8 cm³/mol. The van der Waals surface area contributed by atoms with Gasteiger partial charge in [-0.3, -0.25) is 4.79 Å². The highest BCUT2D eigenvalue weighted by Gasteiger charge is 2.51. The van der Waals surface area contributed by atoms with Crippen LogP contribution >= 0.6 is 11.6 Å². The van der Waals surface area contributed by atoms with Crippen LogP contribution in [-0.4, -0.2) is 25.1 Å². The number of carbonyl (C=O) groups is 1. The van der Waals surface area contributed by atoms with E-state index in [2.05, 4.69) is 0 Å². The summed E-state index contributed by atoms with van der Waals surface area (Å²) in [6.45, 7) is 0. The van der Waals surface area contributed by atoms with E-state index in [1.54, 1.807) is 22.9 Å². The lowest BCUT2D eigenvalue weighted by Gasteiger charge is -2.27. The summed E-state index contributed by atoms with van der Waals surface area (Å²) < 4.78 is 41.8. The molecule has 8 heteroatoms. The fraction of sp³-hybridized carbons (Fsp3) is 0.533. The molecule has 0 aliphatic heterocycles. The fourth-order valence-electron chi connectivity index (χ4n) is 3.40. The van der Waals surface area contributed by atoms with Crippen molar-refractivity contribution in [2.45, 2.75) is 36.4 Å². The zero-order valence-corrected chi connectivity index (χ0v) is 13.8. The first-order valence-electron chi connectivity index (χ1n) is 7.46. The second kappa shape index (κ2) is 6.03. The standard InChI is InChI=1S/C15H17ClFNO4S/c16-15(17,22-13-9-10-6-7-12(13)8-10)23(20,21)18-14(19)11-4-2-1-3-5-11/h1-5,10,12-13H,6-9H2,(H,18,19). The van der Waals surface area contributed by atoms with Gasteiger partial charge >= 0.3 is 14.7 Å². The van der Waals surface area contributed by atoms with E-state index in [0.29, 0.717) is 12.3 Å². The lowest BCUT2D eigenvalue weighted by atomic mass is 9.98. The molecule has 1 aromatic carbocycles. The monoisotopic (exact) mass is 361 g/mol. The van der Waals surface area contributed by atoms with Crippen molar-refractivity contribution in [1.29, 1.82) is 0 Å². The first-order valence-corrected chi connectivity index (χ1v) is 9.32. The number of amides is 1. The van der Waals surface area contributed by atoms with Gasteiger partial charge in [0.15, 0.2) is 0 Å². The van der Waals surface area contributed by atoms with Gasteiger partial charge in [-0.2, -0.15) is 12.8 Å². The van der Waals surface area contributed by atoms with Crippen LogP contribution in [0, 0.1) is 11.8 Å². The summed E-state index contributed by atoms with van der Waals surface area (Å²) in [6.07, 6.45) is 2.93. The van der Waals surface area contributed by atoms with Gasteiger partial charge in [-0.1, -0.05) is 18.2 Å². The minimum Gasteiger partial charge on any atom is -0.316 e. The van der Waals surface area contributed by atoms with E-state index in [4.69, 9.17) is 16.3 Å². The summed E-state index contributed by atoms with van der Waals surface area (Å²) in [6, 6.07) is 7.63. The molecular weight excluding hydrogens is 345 g/mol. The Kier molecular flexibility index (Phi) is 4.37. The van der Waals surface area contributed by atoms with Crippen LogP contribution in [0.15, 0.2) is 30.3 Å². The van der Waals surface area contributed by atoms with Crippen LogP contribution in [0.5, 0.6) is 0 Å². The molecule has 1 aromatic rings. The third-order valence-corrected chi connectivity index (χ3v) is 6.41.